The maximum atomic E-state index is 3.41. The Morgan fingerprint density at radius 2 is 1.22 bits per heavy atom. The highest BCUT2D eigenvalue weighted by Gasteiger charge is 2.18. The van der Waals surface area contributed by atoms with Crippen LogP contribution in [-0.4, -0.2) is 4.98 Å². The average molecular weight is 645 g/mol. The normalized spacial score (nSPS) is 12.7. The smallest absolute Gasteiger partial charge is 0.0468 e. The maximum Gasteiger partial charge on any atom is 0.0468 e. The molecule has 0 aliphatic heterocycles. The zero-order valence-electron chi connectivity index (χ0n) is 26.9. The zero-order valence-corrected chi connectivity index (χ0v) is 27.7. The molecule has 0 fully saturated rings. The van der Waals surface area contributed by atoms with E-state index in [9.17, 15) is 0 Å². The molecule has 10 rings (SSSR count). The van der Waals surface area contributed by atoms with Gasteiger partial charge in [0, 0.05) is 54.3 Å². The molecule has 0 saturated carbocycles. The van der Waals surface area contributed by atoms with Gasteiger partial charge in [-0.15, -0.1) is 11.3 Å². The minimum atomic E-state index is 1.09. The van der Waals surface area contributed by atoms with E-state index in [1.165, 1.54) is 75.2 Å². The molecule has 0 spiro atoms. The maximum absolute atomic E-state index is 3.41. The molecule has 3 heteroatoms. The number of aromatic nitrogens is 1. The van der Waals surface area contributed by atoms with Gasteiger partial charge < -0.3 is 9.88 Å². The van der Waals surface area contributed by atoms with Crippen LogP contribution in [0.4, 0.5) is 17.1 Å². The van der Waals surface area contributed by atoms with Gasteiger partial charge in [0.1, 0.15) is 0 Å². The van der Waals surface area contributed by atoms with E-state index in [1.54, 1.807) is 0 Å². The fourth-order valence-electron chi connectivity index (χ4n) is 7.74. The molecule has 1 aliphatic rings. The number of aromatic amines is 1. The summed E-state index contributed by atoms with van der Waals surface area (Å²) >= 11 is 1.87. The number of benzene rings is 7. The van der Waals surface area contributed by atoms with Crippen LogP contribution in [0.3, 0.4) is 0 Å². The number of H-pyrrole nitrogens is 1. The van der Waals surface area contributed by atoms with Crippen LogP contribution in [0, 0.1) is 0 Å². The van der Waals surface area contributed by atoms with Gasteiger partial charge >= 0.3 is 0 Å². The zero-order chi connectivity index (χ0) is 32.3. The number of nitrogens with one attached hydrogen (secondary N) is 1. The van der Waals surface area contributed by atoms with Gasteiger partial charge in [-0.1, -0.05) is 91.0 Å². The van der Waals surface area contributed by atoms with Crippen molar-refractivity contribution >= 4 is 76.3 Å². The van der Waals surface area contributed by atoms with Crippen molar-refractivity contribution in [1.82, 2.24) is 4.98 Å². The number of anilines is 3. The molecular formula is C46H32N2S. The second-order valence-electron chi connectivity index (χ2n) is 12.9. The highest BCUT2D eigenvalue weighted by molar-refractivity contribution is 7.26. The first-order valence-electron chi connectivity index (χ1n) is 17.0. The van der Waals surface area contributed by atoms with Crippen LogP contribution in [0.1, 0.15) is 17.5 Å². The predicted octanol–water partition coefficient (Wildman–Crippen LogP) is 13.5. The molecule has 2 aromatic heterocycles. The van der Waals surface area contributed by atoms with Crippen LogP contribution in [0.5, 0.6) is 0 Å². The molecule has 1 N–H and O–H groups in total. The van der Waals surface area contributed by atoms with E-state index in [2.05, 4.69) is 168 Å². The number of thiophene rings is 1. The number of allylic oxidation sites excluding steroid dienone is 1. The van der Waals surface area contributed by atoms with Crippen LogP contribution >= 0.6 is 11.3 Å². The van der Waals surface area contributed by atoms with Gasteiger partial charge in [0.05, 0.1) is 0 Å². The first kappa shape index (κ1) is 28.1. The lowest BCUT2D eigenvalue weighted by molar-refractivity contribution is 0.990. The van der Waals surface area contributed by atoms with E-state index < -0.39 is 0 Å². The molecule has 0 unspecified atom stereocenters. The lowest BCUT2D eigenvalue weighted by atomic mass is 9.87. The molecule has 9 aromatic rings. The topological polar surface area (TPSA) is 19.0 Å². The van der Waals surface area contributed by atoms with Crippen molar-refractivity contribution < 1.29 is 0 Å². The summed E-state index contributed by atoms with van der Waals surface area (Å²) in [5, 5.41) is 6.53. The number of fused-ring (bicyclic) bond motifs is 8. The molecule has 0 bridgehead atoms. The van der Waals surface area contributed by atoms with Gasteiger partial charge in [-0.2, -0.15) is 0 Å². The van der Waals surface area contributed by atoms with Crippen molar-refractivity contribution in [2.75, 3.05) is 4.90 Å². The third-order valence-corrected chi connectivity index (χ3v) is 11.2. The van der Waals surface area contributed by atoms with Gasteiger partial charge in [0.15, 0.2) is 0 Å². The molecule has 49 heavy (non-hydrogen) atoms. The van der Waals surface area contributed by atoms with Gasteiger partial charge in [0.25, 0.3) is 0 Å². The molecular weight excluding hydrogens is 613 g/mol. The Morgan fingerprint density at radius 1 is 0.531 bits per heavy atom. The second-order valence-corrected chi connectivity index (χ2v) is 14.0. The Bertz CT molecular complexity index is 2690. The predicted molar refractivity (Wildman–Crippen MR) is 212 cm³/mol. The van der Waals surface area contributed by atoms with Crippen LogP contribution in [-0.2, 0) is 6.42 Å². The third kappa shape index (κ3) is 4.69. The van der Waals surface area contributed by atoms with Crippen molar-refractivity contribution in [1.29, 1.82) is 0 Å². The van der Waals surface area contributed by atoms with Crippen molar-refractivity contribution in [3.63, 3.8) is 0 Å². The second kappa shape index (κ2) is 11.4. The van der Waals surface area contributed by atoms with Crippen molar-refractivity contribution in [3.8, 4) is 22.3 Å². The van der Waals surface area contributed by atoms with Crippen molar-refractivity contribution in [2.45, 2.75) is 12.8 Å². The molecule has 7 aromatic carbocycles. The van der Waals surface area contributed by atoms with E-state index in [4.69, 9.17) is 0 Å². The monoisotopic (exact) mass is 644 g/mol. The van der Waals surface area contributed by atoms with E-state index >= 15 is 0 Å². The minimum absolute atomic E-state index is 1.09. The lowest BCUT2D eigenvalue weighted by Gasteiger charge is -2.26. The van der Waals surface area contributed by atoms with Crippen molar-refractivity contribution in [3.05, 3.63) is 169 Å². The van der Waals surface area contributed by atoms with Crippen LogP contribution in [0.25, 0.3) is 70.2 Å². The average Bonchev–Trinajstić information content (AvgIpc) is 3.80. The standard InChI is InChI=1S/C46H32N2S/c1-2-8-30(9-3-1)31-14-18-34(19-15-31)48(36-22-24-44-42(29-36)46-40-26-27-47-43(40)23-25-45(46)49-44)35-20-16-32(17-21-35)41-28-33-10-4-5-11-37(33)38-12-6-7-13-39(38)41/h1-3,5-9,11-29,47H,4,10H2. The third-order valence-electron chi connectivity index (χ3n) is 10.1. The highest BCUT2D eigenvalue weighted by atomic mass is 32.1. The summed E-state index contributed by atoms with van der Waals surface area (Å²) in [6.07, 6.45) is 8.84. The number of hydrogen-bond acceptors (Lipinski definition) is 2. The number of hydrogen-bond donors (Lipinski definition) is 1. The number of rotatable bonds is 5. The van der Waals surface area contributed by atoms with E-state index in [0.717, 1.165) is 29.9 Å². The number of nitrogens with zero attached hydrogens (tertiary/aromatic N) is 1. The Hall–Kier alpha value is -5.90. The summed E-state index contributed by atoms with van der Waals surface area (Å²) in [7, 11) is 0. The van der Waals surface area contributed by atoms with Crippen LogP contribution in [0.15, 0.2) is 158 Å². The number of aryl methyl sites for hydroxylation is 1. The van der Waals surface area contributed by atoms with Crippen molar-refractivity contribution in [2.24, 2.45) is 0 Å². The van der Waals surface area contributed by atoms with Gasteiger partial charge in [-0.05, 0) is 124 Å². The fourth-order valence-corrected chi connectivity index (χ4v) is 8.85. The summed E-state index contributed by atoms with van der Waals surface area (Å²) in [6, 6.07) is 53.6. The van der Waals surface area contributed by atoms with E-state index in [0.29, 0.717) is 0 Å². The Labute approximate surface area is 289 Å². The van der Waals surface area contributed by atoms with Gasteiger partial charge in [0.2, 0.25) is 0 Å². The van der Waals surface area contributed by atoms with E-state index in [-0.39, 0.29) is 0 Å². The van der Waals surface area contributed by atoms with E-state index in [1.807, 2.05) is 17.5 Å². The first-order chi connectivity index (χ1) is 24.3. The molecule has 1 aliphatic carbocycles. The summed E-state index contributed by atoms with van der Waals surface area (Å²) in [5.74, 6) is 0. The molecule has 2 heterocycles. The van der Waals surface area contributed by atoms with Crippen LogP contribution < -0.4 is 4.90 Å². The minimum Gasteiger partial charge on any atom is -0.361 e. The Morgan fingerprint density at radius 3 is 2.04 bits per heavy atom. The largest absolute Gasteiger partial charge is 0.361 e. The molecule has 0 saturated heterocycles. The molecule has 0 atom stereocenters. The molecule has 2 nitrogen and oxygen atoms in total. The summed E-state index contributed by atoms with van der Waals surface area (Å²) < 4.78 is 2.62. The summed E-state index contributed by atoms with van der Waals surface area (Å²) in [5.41, 5.74) is 12.4. The quantitative estimate of drug-likeness (QED) is 0.198. The molecule has 232 valence electrons. The van der Waals surface area contributed by atoms with Gasteiger partial charge in [-0.3, -0.25) is 0 Å². The lowest BCUT2D eigenvalue weighted by Crippen LogP contribution is -2.09. The van der Waals surface area contributed by atoms with Gasteiger partial charge in [-0.25, -0.2) is 0 Å². The Balaban J connectivity index is 1.13. The highest BCUT2D eigenvalue weighted by Crippen LogP contribution is 2.44. The SMILES string of the molecule is C1=Cc2c(cc(-c3ccc(N(c4ccc(-c5ccccc5)cc4)c4ccc5sc6ccc7[nH]ccc7c6c5c4)cc3)c3ccccc23)CC1. The molecule has 0 amide bonds. The fraction of sp³-hybridized carbons (Fsp3) is 0.0435. The molecule has 0 radical (unpaired) electrons. The summed E-state index contributed by atoms with van der Waals surface area (Å²) in [6.45, 7) is 0. The first-order valence-corrected chi connectivity index (χ1v) is 17.8. The summed E-state index contributed by atoms with van der Waals surface area (Å²) in [4.78, 5) is 5.81. The Kier molecular flexibility index (Phi) is 6.53. The van der Waals surface area contributed by atoms with Crippen LogP contribution in [0.2, 0.25) is 0 Å².